The number of carboxylic acid groups (broad SMARTS) is 1. The van der Waals surface area contributed by atoms with Crippen molar-refractivity contribution in [3.63, 3.8) is 0 Å². The van der Waals surface area contributed by atoms with Gasteiger partial charge in [-0.3, -0.25) is 4.79 Å². The van der Waals surface area contributed by atoms with Crippen molar-refractivity contribution in [3.8, 4) is 0 Å². The Hall–Kier alpha value is -1.27. The molecule has 0 saturated heterocycles. The van der Waals surface area contributed by atoms with Crippen LogP contribution in [0.15, 0.2) is 28.7 Å². The summed E-state index contributed by atoms with van der Waals surface area (Å²) < 4.78 is 5.18. The average molecular weight is 355 g/mol. The van der Waals surface area contributed by atoms with Gasteiger partial charge in [0, 0.05) is 10.4 Å². The largest absolute Gasteiger partial charge is 0.481 e. The number of hydrogen-bond acceptors (Lipinski definition) is 4. The van der Waals surface area contributed by atoms with Gasteiger partial charge >= 0.3 is 5.97 Å². The molecule has 20 heavy (non-hydrogen) atoms. The van der Waals surface area contributed by atoms with Crippen molar-refractivity contribution in [1.82, 2.24) is 9.36 Å². The van der Waals surface area contributed by atoms with Crippen LogP contribution < -0.4 is 0 Å². The van der Waals surface area contributed by atoms with E-state index in [4.69, 9.17) is 0 Å². The van der Waals surface area contributed by atoms with E-state index < -0.39 is 11.9 Å². The van der Waals surface area contributed by atoms with E-state index >= 15 is 0 Å². The third-order valence-electron chi connectivity index (χ3n) is 2.90. The quantitative estimate of drug-likeness (QED) is 0.885. The first-order valence-electron chi connectivity index (χ1n) is 6.28. The van der Waals surface area contributed by atoms with Crippen molar-refractivity contribution >= 4 is 33.4 Å². The molecular weight excluding hydrogens is 340 g/mol. The lowest BCUT2D eigenvalue weighted by molar-refractivity contribution is -0.138. The van der Waals surface area contributed by atoms with Crippen LogP contribution in [0.4, 0.5) is 0 Å². The smallest absolute Gasteiger partial charge is 0.313 e. The van der Waals surface area contributed by atoms with E-state index in [2.05, 4.69) is 25.3 Å². The Kier molecular flexibility index (Phi) is 4.88. The highest BCUT2D eigenvalue weighted by atomic mass is 79.9. The molecule has 0 spiro atoms. The zero-order valence-corrected chi connectivity index (χ0v) is 13.6. The van der Waals surface area contributed by atoms with Crippen LogP contribution in [0.25, 0.3) is 0 Å². The molecule has 0 fully saturated rings. The van der Waals surface area contributed by atoms with E-state index in [1.807, 2.05) is 38.1 Å². The number of carboxylic acids is 1. The van der Waals surface area contributed by atoms with E-state index in [0.29, 0.717) is 17.3 Å². The van der Waals surface area contributed by atoms with Crippen LogP contribution in [-0.4, -0.2) is 20.4 Å². The average Bonchev–Trinajstić information content (AvgIpc) is 2.85. The van der Waals surface area contributed by atoms with Gasteiger partial charge in [-0.2, -0.15) is 4.37 Å². The molecular formula is C14H15BrN2O2S. The summed E-state index contributed by atoms with van der Waals surface area (Å²) in [5, 5.41) is 10.0. The summed E-state index contributed by atoms with van der Waals surface area (Å²) in [6.45, 7) is 3.99. The second kappa shape index (κ2) is 6.45. The van der Waals surface area contributed by atoms with Gasteiger partial charge in [0.15, 0.2) is 0 Å². The maximum atomic E-state index is 11.5. The number of benzene rings is 1. The summed E-state index contributed by atoms with van der Waals surface area (Å²) in [6, 6.07) is 7.67. The number of halogens is 1. The lowest BCUT2D eigenvalue weighted by Gasteiger charge is -2.09. The maximum Gasteiger partial charge on any atom is 0.313 e. The van der Waals surface area contributed by atoms with Crippen LogP contribution in [-0.2, 0) is 11.2 Å². The number of carbonyl (C=O) groups is 1. The first kappa shape index (κ1) is 15.1. The Morgan fingerprint density at radius 3 is 2.75 bits per heavy atom. The standard InChI is InChI=1S/C14H15BrN2O2S/c1-8(2)12-16-13(20-17-12)11(14(18)19)7-9-4-3-5-10(15)6-9/h3-6,8,11H,7H2,1-2H3,(H,18,19). The van der Waals surface area contributed by atoms with Gasteiger partial charge in [0.25, 0.3) is 0 Å². The molecule has 0 bridgehead atoms. The normalized spacial score (nSPS) is 12.6. The van der Waals surface area contributed by atoms with Crippen molar-refractivity contribution in [1.29, 1.82) is 0 Å². The molecule has 4 nitrogen and oxygen atoms in total. The summed E-state index contributed by atoms with van der Waals surface area (Å²) in [5.74, 6) is -0.587. The Bertz CT molecular complexity index is 613. The first-order chi connectivity index (χ1) is 9.47. The molecule has 106 valence electrons. The van der Waals surface area contributed by atoms with Gasteiger partial charge < -0.3 is 5.11 Å². The molecule has 0 amide bonds. The summed E-state index contributed by atoms with van der Waals surface area (Å²) >= 11 is 4.58. The summed E-state index contributed by atoms with van der Waals surface area (Å²) in [6.07, 6.45) is 0.418. The van der Waals surface area contributed by atoms with Crippen molar-refractivity contribution in [2.45, 2.75) is 32.1 Å². The van der Waals surface area contributed by atoms with Crippen LogP contribution in [0.2, 0.25) is 0 Å². The van der Waals surface area contributed by atoms with Crippen LogP contribution >= 0.6 is 27.5 Å². The Labute approximate surface area is 130 Å². The highest BCUT2D eigenvalue weighted by Gasteiger charge is 2.25. The Morgan fingerprint density at radius 2 is 2.20 bits per heavy atom. The predicted octanol–water partition coefficient (Wildman–Crippen LogP) is 3.83. The van der Waals surface area contributed by atoms with Crippen molar-refractivity contribution in [2.24, 2.45) is 0 Å². The van der Waals surface area contributed by atoms with Crippen LogP contribution in [0.5, 0.6) is 0 Å². The minimum absolute atomic E-state index is 0.209. The first-order valence-corrected chi connectivity index (χ1v) is 7.84. The molecule has 0 aliphatic carbocycles. The molecule has 0 radical (unpaired) electrons. The van der Waals surface area contributed by atoms with E-state index in [1.54, 1.807) is 0 Å². The highest BCUT2D eigenvalue weighted by Crippen LogP contribution is 2.26. The molecule has 6 heteroatoms. The van der Waals surface area contributed by atoms with Crippen LogP contribution in [0.3, 0.4) is 0 Å². The Morgan fingerprint density at radius 1 is 1.45 bits per heavy atom. The molecule has 0 saturated carbocycles. The van der Waals surface area contributed by atoms with E-state index in [0.717, 1.165) is 10.0 Å². The number of hydrogen-bond donors (Lipinski definition) is 1. The maximum absolute atomic E-state index is 11.5. The molecule has 1 unspecified atom stereocenters. The van der Waals surface area contributed by atoms with Gasteiger partial charge in [0.1, 0.15) is 16.7 Å². The summed E-state index contributed by atoms with van der Waals surface area (Å²) in [4.78, 5) is 15.9. The van der Waals surface area contributed by atoms with Gasteiger partial charge in [-0.1, -0.05) is 41.9 Å². The van der Waals surface area contributed by atoms with Crippen molar-refractivity contribution in [3.05, 3.63) is 45.1 Å². The third kappa shape index (κ3) is 3.64. The minimum atomic E-state index is -0.864. The van der Waals surface area contributed by atoms with Gasteiger partial charge in [0.05, 0.1) is 0 Å². The fraction of sp³-hybridized carbons (Fsp3) is 0.357. The lowest BCUT2D eigenvalue weighted by atomic mass is 10.00. The number of aromatic nitrogens is 2. The summed E-state index contributed by atoms with van der Waals surface area (Å²) in [7, 11) is 0. The fourth-order valence-corrected chi connectivity index (χ4v) is 3.13. The lowest BCUT2D eigenvalue weighted by Crippen LogP contribution is -2.14. The third-order valence-corrected chi connectivity index (χ3v) is 4.23. The molecule has 0 aliphatic heterocycles. The van der Waals surface area contributed by atoms with Gasteiger partial charge in [0.2, 0.25) is 0 Å². The Balaban J connectivity index is 2.24. The zero-order chi connectivity index (χ0) is 14.7. The number of rotatable bonds is 5. The molecule has 1 atom stereocenters. The molecule has 1 heterocycles. The zero-order valence-electron chi connectivity index (χ0n) is 11.2. The van der Waals surface area contributed by atoms with Gasteiger partial charge in [-0.05, 0) is 35.6 Å². The van der Waals surface area contributed by atoms with Crippen molar-refractivity contribution in [2.75, 3.05) is 0 Å². The molecule has 0 aliphatic rings. The highest BCUT2D eigenvalue weighted by molar-refractivity contribution is 9.10. The van der Waals surface area contributed by atoms with Crippen LogP contribution in [0, 0.1) is 0 Å². The van der Waals surface area contributed by atoms with Crippen molar-refractivity contribution < 1.29 is 9.90 Å². The number of nitrogens with zero attached hydrogens (tertiary/aromatic N) is 2. The van der Waals surface area contributed by atoms with Crippen LogP contribution in [0.1, 0.15) is 42.1 Å². The minimum Gasteiger partial charge on any atom is -0.481 e. The predicted molar refractivity (Wildman–Crippen MR) is 82.2 cm³/mol. The second-order valence-corrected chi connectivity index (χ2v) is 6.57. The van der Waals surface area contributed by atoms with E-state index in [1.165, 1.54) is 11.5 Å². The van der Waals surface area contributed by atoms with E-state index in [9.17, 15) is 9.90 Å². The van der Waals surface area contributed by atoms with Gasteiger partial charge in [-0.25, -0.2) is 4.98 Å². The molecule has 1 aromatic carbocycles. The SMILES string of the molecule is CC(C)c1nsc(C(Cc2cccc(Br)c2)C(=O)O)n1. The second-order valence-electron chi connectivity index (χ2n) is 4.87. The summed E-state index contributed by atoms with van der Waals surface area (Å²) in [5.41, 5.74) is 0.966. The monoisotopic (exact) mass is 354 g/mol. The van der Waals surface area contributed by atoms with E-state index in [-0.39, 0.29) is 5.92 Å². The topological polar surface area (TPSA) is 63.1 Å². The molecule has 2 aromatic rings. The van der Waals surface area contributed by atoms with Gasteiger partial charge in [-0.15, -0.1) is 0 Å². The molecule has 1 N–H and O–H groups in total. The molecule has 1 aromatic heterocycles. The molecule has 2 rings (SSSR count). The number of aliphatic carboxylic acids is 1. The fourth-order valence-electron chi connectivity index (χ4n) is 1.80.